The van der Waals surface area contributed by atoms with E-state index in [4.69, 9.17) is 4.74 Å². The largest absolute Gasteiger partial charge is 0.462 e. The summed E-state index contributed by atoms with van der Waals surface area (Å²) in [6, 6.07) is 1.48. The van der Waals surface area contributed by atoms with Gasteiger partial charge in [-0.15, -0.1) is 0 Å². The molecule has 4 aliphatic rings. The van der Waals surface area contributed by atoms with Crippen LogP contribution in [0.1, 0.15) is 128 Å². The number of allylic oxidation sites excluding steroid dienone is 1. The number of aryl methyl sites for hydroxylation is 1. The van der Waals surface area contributed by atoms with Crippen molar-refractivity contribution in [1.82, 2.24) is 0 Å². The van der Waals surface area contributed by atoms with Crippen molar-refractivity contribution in [3.63, 3.8) is 0 Å². The lowest BCUT2D eigenvalue weighted by molar-refractivity contribution is -0.151. The van der Waals surface area contributed by atoms with Gasteiger partial charge in [-0.05, 0) is 121 Å². The van der Waals surface area contributed by atoms with E-state index in [0.29, 0.717) is 35.8 Å². The van der Waals surface area contributed by atoms with Crippen LogP contribution >= 0.6 is 0 Å². The summed E-state index contributed by atoms with van der Waals surface area (Å²) in [4.78, 5) is 12.8. The molecule has 0 heterocycles. The zero-order valence-corrected chi connectivity index (χ0v) is 28.1. The van der Waals surface area contributed by atoms with Crippen LogP contribution in [0.4, 0.5) is 26.3 Å². The normalized spacial score (nSPS) is 33.6. The average Bonchev–Trinajstić information content (AvgIpc) is 3.32. The van der Waals surface area contributed by atoms with Gasteiger partial charge in [-0.25, -0.2) is 0 Å². The second-order valence-electron chi connectivity index (χ2n) is 16.1. The Balaban J connectivity index is 1.19. The number of carbonyl (C=O) groups is 1. The minimum Gasteiger partial charge on any atom is -0.462 e. The molecule has 3 fully saturated rings. The quantitative estimate of drug-likeness (QED) is 0.150. The monoisotopic (exact) mass is 654 g/mol. The van der Waals surface area contributed by atoms with Crippen LogP contribution in [-0.2, 0) is 28.3 Å². The third-order valence-corrected chi connectivity index (χ3v) is 12.8. The van der Waals surface area contributed by atoms with Crippen molar-refractivity contribution >= 4 is 5.97 Å². The molecule has 0 saturated heterocycles. The van der Waals surface area contributed by atoms with Gasteiger partial charge in [0.1, 0.15) is 6.10 Å². The van der Waals surface area contributed by atoms with E-state index in [0.717, 1.165) is 42.9 Å². The third kappa shape index (κ3) is 7.21. The molecule has 3 saturated carbocycles. The summed E-state index contributed by atoms with van der Waals surface area (Å²) in [6.45, 7) is 12.1. The Bertz CT molecular complexity index is 1250. The number of hydrogen-bond donors (Lipinski definition) is 0. The minimum absolute atomic E-state index is 0.0835. The van der Waals surface area contributed by atoms with E-state index in [1.807, 2.05) is 0 Å². The Labute approximate surface area is 271 Å². The Morgan fingerprint density at radius 1 is 0.891 bits per heavy atom. The van der Waals surface area contributed by atoms with Crippen LogP contribution in [0, 0.1) is 46.3 Å². The van der Waals surface area contributed by atoms with E-state index >= 15 is 0 Å². The Kier molecular flexibility index (Phi) is 10.1. The van der Waals surface area contributed by atoms with E-state index in [-0.39, 0.29) is 36.0 Å². The lowest BCUT2D eigenvalue weighted by Crippen LogP contribution is -2.51. The molecule has 1 aromatic rings. The van der Waals surface area contributed by atoms with Gasteiger partial charge in [-0.3, -0.25) is 4.79 Å². The zero-order valence-electron chi connectivity index (χ0n) is 28.1. The minimum atomic E-state index is -4.92. The smallest absolute Gasteiger partial charge is 0.416 e. The molecule has 0 radical (unpaired) electrons. The van der Waals surface area contributed by atoms with E-state index in [9.17, 15) is 31.1 Å². The van der Waals surface area contributed by atoms with Gasteiger partial charge in [-0.1, -0.05) is 65.5 Å². The van der Waals surface area contributed by atoms with E-state index < -0.39 is 29.4 Å². The van der Waals surface area contributed by atoms with Crippen molar-refractivity contribution in [3.05, 3.63) is 46.5 Å². The number of esters is 1. The number of benzene rings is 1. The molecule has 0 bridgehead atoms. The molecule has 8 heteroatoms. The van der Waals surface area contributed by atoms with Crippen molar-refractivity contribution < 1.29 is 35.9 Å². The van der Waals surface area contributed by atoms with Crippen LogP contribution in [0.3, 0.4) is 0 Å². The van der Waals surface area contributed by atoms with Gasteiger partial charge in [0.25, 0.3) is 0 Å². The SMILES string of the molecule is CC(C)CCCC(C)C1CCC2C3CC=C4CC(OC(=O)CCc5cc(C(F)(F)F)cc(C(F)(F)F)c5)CCC4(C)C3CCC12C. The molecule has 258 valence electrons. The fourth-order valence-electron chi connectivity index (χ4n) is 10.4. The molecule has 0 N–H and O–H groups in total. The molecule has 0 amide bonds. The Hall–Kier alpha value is -1.99. The molecular formula is C38H52F6O2. The van der Waals surface area contributed by atoms with Crippen LogP contribution in [0.2, 0.25) is 0 Å². The van der Waals surface area contributed by atoms with Crippen molar-refractivity contribution in [2.45, 2.75) is 137 Å². The van der Waals surface area contributed by atoms with E-state index in [1.54, 1.807) is 0 Å². The zero-order chi connectivity index (χ0) is 33.7. The average molecular weight is 655 g/mol. The fraction of sp³-hybridized carbons (Fsp3) is 0.763. The van der Waals surface area contributed by atoms with Crippen LogP contribution in [0.5, 0.6) is 0 Å². The molecule has 2 nitrogen and oxygen atoms in total. The summed E-state index contributed by atoms with van der Waals surface area (Å²) in [5.41, 5.74) is -1.06. The summed E-state index contributed by atoms with van der Waals surface area (Å²) < 4.78 is 85.3. The first-order chi connectivity index (χ1) is 21.4. The predicted octanol–water partition coefficient (Wildman–Crippen LogP) is 11.6. The first-order valence-electron chi connectivity index (χ1n) is 17.6. The predicted molar refractivity (Wildman–Crippen MR) is 168 cm³/mol. The van der Waals surface area contributed by atoms with Gasteiger partial charge in [-0.2, -0.15) is 26.3 Å². The molecule has 8 unspecified atom stereocenters. The number of halogens is 6. The highest BCUT2D eigenvalue weighted by Crippen LogP contribution is 2.67. The maximum absolute atomic E-state index is 13.2. The van der Waals surface area contributed by atoms with Gasteiger partial charge in [0.2, 0.25) is 0 Å². The highest BCUT2D eigenvalue weighted by molar-refractivity contribution is 5.70. The van der Waals surface area contributed by atoms with E-state index in [2.05, 4.69) is 40.7 Å². The summed E-state index contributed by atoms with van der Waals surface area (Å²) in [5.74, 6) is 3.81. The molecular weight excluding hydrogens is 602 g/mol. The van der Waals surface area contributed by atoms with Crippen molar-refractivity contribution in [2.75, 3.05) is 0 Å². The topological polar surface area (TPSA) is 26.3 Å². The number of alkyl halides is 6. The summed E-state index contributed by atoms with van der Waals surface area (Å²) in [5, 5.41) is 0. The molecule has 0 spiro atoms. The maximum atomic E-state index is 13.2. The van der Waals surface area contributed by atoms with E-state index in [1.165, 1.54) is 50.5 Å². The van der Waals surface area contributed by atoms with Crippen LogP contribution < -0.4 is 0 Å². The van der Waals surface area contributed by atoms with Gasteiger partial charge in [0.15, 0.2) is 0 Å². The number of rotatable bonds is 9. The molecule has 0 aliphatic heterocycles. The molecule has 8 atom stereocenters. The number of hydrogen-bond acceptors (Lipinski definition) is 2. The maximum Gasteiger partial charge on any atom is 0.416 e. The van der Waals surface area contributed by atoms with Gasteiger partial charge in [0.05, 0.1) is 11.1 Å². The second-order valence-corrected chi connectivity index (χ2v) is 16.1. The van der Waals surface area contributed by atoms with Gasteiger partial charge in [0, 0.05) is 12.8 Å². The Morgan fingerprint density at radius 3 is 2.20 bits per heavy atom. The molecule has 4 aliphatic carbocycles. The number of carbonyl (C=O) groups excluding carboxylic acids is 1. The molecule has 1 aromatic carbocycles. The van der Waals surface area contributed by atoms with Crippen molar-refractivity contribution in [2.24, 2.45) is 46.3 Å². The highest BCUT2D eigenvalue weighted by Gasteiger charge is 2.59. The Morgan fingerprint density at radius 2 is 1.57 bits per heavy atom. The van der Waals surface area contributed by atoms with Crippen LogP contribution in [-0.4, -0.2) is 12.1 Å². The number of fused-ring (bicyclic) bond motifs is 5. The van der Waals surface area contributed by atoms with Crippen LogP contribution in [0.25, 0.3) is 0 Å². The lowest BCUT2D eigenvalue weighted by Gasteiger charge is -2.58. The summed E-state index contributed by atoms with van der Waals surface area (Å²) in [6.07, 6.45) is 4.29. The van der Waals surface area contributed by atoms with Crippen molar-refractivity contribution in [1.29, 1.82) is 0 Å². The molecule has 5 rings (SSSR count). The summed E-state index contributed by atoms with van der Waals surface area (Å²) in [7, 11) is 0. The molecule has 0 aromatic heterocycles. The second kappa shape index (κ2) is 13.1. The van der Waals surface area contributed by atoms with Gasteiger partial charge >= 0.3 is 18.3 Å². The summed E-state index contributed by atoms with van der Waals surface area (Å²) >= 11 is 0. The number of ether oxygens (including phenoxy) is 1. The molecule has 46 heavy (non-hydrogen) atoms. The lowest BCUT2D eigenvalue weighted by atomic mass is 9.47. The fourth-order valence-corrected chi connectivity index (χ4v) is 10.4. The first-order valence-corrected chi connectivity index (χ1v) is 17.6. The standard InChI is InChI=1S/C38H52F6O2/c1-23(2)7-6-8-24(3)31-12-13-32-30-11-10-26-22-29(15-17-35(26,4)33(30)16-18-36(31,32)5)46-34(45)14-9-25-19-27(37(39,40)41)21-28(20-25)38(42,43)44/h10,19-21,23-24,29-33H,6-9,11-18,22H2,1-5H3. The third-order valence-electron chi connectivity index (χ3n) is 12.8. The highest BCUT2D eigenvalue weighted by atomic mass is 19.4. The van der Waals surface area contributed by atoms with Gasteiger partial charge < -0.3 is 4.74 Å². The first kappa shape index (κ1) is 35.3. The van der Waals surface area contributed by atoms with Crippen LogP contribution in [0.15, 0.2) is 29.8 Å². The van der Waals surface area contributed by atoms with Crippen molar-refractivity contribution in [3.8, 4) is 0 Å².